The number of amides is 2. The van der Waals surface area contributed by atoms with E-state index in [9.17, 15) is 14.7 Å². The highest BCUT2D eigenvalue weighted by Gasteiger charge is 2.49. The van der Waals surface area contributed by atoms with Gasteiger partial charge in [-0.2, -0.15) is 0 Å². The van der Waals surface area contributed by atoms with Gasteiger partial charge in [0, 0.05) is 13.6 Å². The topological polar surface area (TPSA) is 72.9 Å². The van der Waals surface area contributed by atoms with Crippen molar-refractivity contribution in [3.63, 3.8) is 0 Å². The van der Waals surface area contributed by atoms with Crippen LogP contribution < -0.4 is 5.32 Å². The van der Waals surface area contributed by atoms with Crippen molar-refractivity contribution >= 4 is 12.0 Å². The molecule has 2 aliphatic rings. The van der Waals surface area contributed by atoms with Crippen LogP contribution >= 0.6 is 0 Å². The van der Waals surface area contributed by atoms with Crippen molar-refractivity contribution in [2.75, 3.05) is 33.7 Å². The van der Waals surface area contributed by atoms with Gasteiger partial charge in [-0.15, -0.1) is 0 Å². The molecule has 2 fully saturated rings. The van der Waals surface area contributed by atoms with Crippen LogP contribution in [0, 0.1) is 11.8 Å². The Morgan fingerprint density at radius 3 is 2.33 bits per heavy atom. The first-order valence-electron chi connectivity index (χ1n) is 7.78. The van der Waals surface area contributed by atoms with Crippen LogP contribution in [-0.2, 0) is 4.79 Å². The second kappa shape index (κ2) is 6.22. The summed E-state index contributed by atoms with van der Waals surface area (Å²) in [5.74, 6) is -0.365. The number of carboxylic acids is 1. The van der Waals surface area contributed by atoms with Gasteiger partial charge in [0.05, 0.1) is 0 Å². The first kappa shape index (κ1) is 16.1. The molecule has 6 heteroatoms. The number of urea groups is 1. The van der Waals surface area contributed by atoms with Crippen molar-refractivity contribution < 1.29 is 14.7 Å². The summed E-state index contributed by atoms with van der Waals surface area (Å²) < 4.78 is 0. The molecule has 1 heterocycles. The third-order valence-electron chi connectivity index (χ3n) is 4.92. The minimum Gasteiger partial charge on any atom is -0.480 e. The Kier molecular flexibility index (Phi) is 4.76. The number of carboxylic acid groups (broad SMARTS) is 1. The second-order valence-corrected chi connectivity index (χ2v) is 6.84. The maximum absolute atomic E-state index is 12.3. The third kappa shape index (κ3) is 3.87. The van der Waals surface area contributed by atoms with Gasteiger partial charge < -0.3 is 20.2 Å². The summed E-state index contributed by atoms with van der Waals surface area (Å²) in [4.78, 5) is 27.7. The molecule has 1 saturated carbocycles. The lowest BCUT2D eigenvalue weighted by molar-refractivity contribution is -0.144. The van der Waals surface area contributed by atoms with Crippen LogP contribution in [-0.4, -0.2) is 66.2 Å². The number of carbonyl (C=O) groups excluding carboxylic acids is 1. The lowest BCUT2D eigenvalue weighted by Crippen LogP contribution is -2.57. The van der Waals surface area contributed by atoms with E-state index in [1.54, 1.807) is 18.9 Å². The van der Waals surface area contributed by atoms with E-state index in [1.165, 1.54) is 0 Å². The summed E-state index contributed by atoms with van der Waals surface area (Å²) in [6, 6.07) is -0.272. The Bertz CT molecular complexity index is 403. The Morgan fingerprint density at radius 2 is 1.86 bits per heavy atom. The van der Waals surface area contributed by atoms with Crippen LogP contribution in [0.15, 0.2) is 0 Å². The molecular formula is C15H27N3O3. The molecule has 0 aromatic heterocycles. The highest BCUT2D eigenvalue weighted by atomic mass is 16.4. The molecule has 21 heavy (non-hydrogen) atoms. The summed E-state index contributed by atoms with van der Waals surface area (Å²) in [6.07, 6.45) is 3.93. The second-order valence-electron chi connectivity index (χ2n) is 6.84. The molecule has 0 aromatic carbocycles. The molecule has 0 bridgehead atoms. The Morgan fingerprint density at radius 1 is 1.29 bits per heavy atom. The van der Waals surface area contributed by atoms with Crippen molar-refractivity contribution in [3.8, 4) is 0 Å². The minimum absolute atomic E-state index is 0.0654. The Labute approximate surface area is 126 Å². The quantitative estimate of drug-likeness (QED) is 0.800. The van der Waals surface area contributed by atoms with Gasteiger partial charge in [0.25, 0.3) is 0 Å². The molecule has 6 nitrogen and oxygen atoms in total. The van der Waals surface area contributed by atoms with E-state index in [4.69, 9.17) is 0 Å². The maximum Gasteiger partial charge on any atom is 0.329 e. The van der Waals surface area contributed by atoms with Gasteiger partial charge in [0.1, 0.15) is 5.54 Å². The highest BCUT2D eigenvalue weighted by molar-refractivity contribution is 5.86. The molecule has 1 aliphatic heterocycles. The fourth-order valence-corrected chi connectivity index (χ4v) is 3.02. The van der Waals surface area contributed by atoms with Crippen molar-refractivity contribution in [2.24, 2.45) is 11.8 Å². The zero-order chi connectivity index (χ0) is 15.6. The SMILES string of the molecule is CN1CCC(CN(C)C(=O)NC(C)(C(=O)O)C2CC2)CC1. The van der Waals surface area contributed by atoms with Crippen LogP contribution in [0.1, 0.15) is 32.6 Å². The fourth-order valence-electron chi connectivity index (χ4n) is 3.02. The number of aliphatic carboxylic acids is 1. The summed E-state index contributed by atoms with van der Waals surface area (Å²) in [5, 5.41) is 12.1. The number of hydrogen-bond donors (Lipinski definition) is 2. The molecule has 0 radical (unpaired) electrons. The van der Waals surface area contributed by atoms with E-state index in [2.05, 4.69) is 17.3 Å². The van der Waals surface area contributed by atoms with Crippen molar-refractivity contribution in [1.82, 2.24) is 15.1 Å². The predicted octanol–water partition coefficient (Wildman–Crippen LogP) is 1.22. The first-order valence-corrected chi connectivity index (χ1v) is 7.78. The summed E-state index contributed by atoms with van der Waals surface area (Å²) in [5.41, 5.74) is -1.13. The Hall–Kier alpha value is -1.30. The van der Waals surface area contributed by atoms with Crippen LogP contribution in [0.25, 0.3) is 0 Å². The molecule has 120 valence electrons. The molecule has 1 atom stereocenters. The van der Waals surface area contributed by atoms with Gasteiger partial charge in [-0.05, 0) is 64.6 Å². The molecule has 0 aromatic rings. The van der Waals surface area contributed by atoms with E-state index < -0.39 is 11.5 Å². The zero-order valence-corrected chi connectivity index (χ0v) is 13.3. The standard InChI is InChI=1S/C15H27N3O3/c1-15(13(19)20,12-4-5-12)16-14(21)18(3)10-11-6-8-17(2)9-7-11/h11-12H,4-10H2,1-3H3,(H,16,21)(H,19,20). The molecule has 1 saturated heterocycles. The largest absolute Gasteiger partial charge is 0.480 e. The average molecular weight is 297 g/mol. The monoisotopic (exact) mass is 297 g/mol. The number of likely N-dealkylation sites (tertiary alicyclic amines) is 1. The molecule has 0 spiro atoms. The molecular weight excluding hydrogens is 270 g/mol. The number of nitrogens with zero attached hydrogens (tertiary/aromatic N) is 2. The molecule has 2 N–H and O–H groups in total. The number of carbonyl (C=O) groups is 2. The highest BCUT2D eigenvalue weighted by Crippen LogP contribution is 2.39. The summed E-state index contributed by atoms with van der Waals surface area (Å²) in [7, 11) is 3.86. The van der Waals surface area contributed by atoms with Gasteiger partial charge in [0.2, 0.25) is 0 Å². The van der Waals surface area contributed by atoms with Crippen LogP contribution in [0.5, 0.6) is 0 Å². The number of nitrogens with one attached hydrogen (secondary N) is 1. The summed E-state index contributed by atoms with van der Waals surface area (Å²) in [6.45, 7) is 4.44. The lowest BCUT2D eigenvalue weighted by Gasteiger charge is -2.33. The average Bonchev–Trinajstić information content (AvgIpc) is 3.25. The van der Waals surface area contributed by atoms with E-state index in [1.807, 2.05) is 0 Å². The third-order valence-corrected chi connectivity index (χ3v) is 4.92. The molecule has 2 rings (SSSR count). The van der Waals surface area contributed by atoms with Crippen LogP contribution in [0.3, 0.4) is 0 Å². The van der Waals surface area contributed by atoms with Crippen molar-refractivity contribution in [3.05, 3.63) is 0 Å². The van der Waals surface area contributed by atoms with Gasteiger partial charge >= 0.3 is 12.0 Å². The molecule has 1 aliphatic carbocycles. The van der Waals surface area contributed by atoms with Crippen LogP contribution in [0.2, 0.25) is 0 Å². The zero-order valence-electron chi connectivity index (χ0n) is 13.3. The number of rotatable bonds is 5. The lowest BCUT2D eigenvalue weighted by atomic mass is 9.95. The number of hydrogen-bond acceptors (Lipinski definition) is 3. The number of piperidine rings is 1. The summed E-state index contributed by atoms with van der Waals surface area (Å²) >= 11 is 0. The van der Waals surface area contributed by atoms with E-state index in [-0.39, 0.29) is 11.9 Å². The first-order chi connectivity index (χ1) is 9.83. The fraction of sp³-hybridized carbons (Fsp3) is 0.867. The van der Waals surface area contributed by atoms with Gasteiger partial charge in [-0.25, -0.2) is 9.59 Å². The van der Waals surface area contributed by atoms with E-state index >= 15 is 0 Å². The predicted molar refractivity (Wildman–Crippen MR) is 80.1 cm³/mol. The minimum atomic E-state index is -1.13. The van der Waals surface area contributed by atoms with Gasteiger partial charge in [-0.1, -0.05) is 0 Å². The molecule has 1 unspecified atom stereocenters. The van der Waals surface area contributed by atoms with Gasteiger partial charge in [0.15, 0.2) is 0 Å². The smallest absolute Gasteiger partial charge is 0.329 e. The van der Waals surface area contributed by atoms with Gasteiger partial charge in [-0.3, -0.25) is 0 Å². The molecule has 2 amide bonds. The Balaban J connectivity index is 1.85. The maximum atomic E-state index is 12.3. The van der Waals surface area contributed by atoms with Crippen molar-refractivity contribution in [2.45, 2.75) is 38.1 Å². The van der Waals surface area contributed by atoms with Crippen LogP contribution in [0.4, 0.5) is 4.79 Å². The normalized spacial score (nSPS) is 23.4. The van der Waals surface area contributed by atoms with E-state index in [0.29, 0.717) is 12.5 Å². The van der Waals surface area contributed by atoms with E-state index in [0.717, 1.165) is 38.8 Å². The van der Waals surface area contributed by atoms with Crippen molar-refractivity contribution in [1.29, 1.82) is 0 Å².